The second kappa shape index (κ2) is 6.74. The van der Waals surface area contributed by atoms with E-state index in [2.05, 4.69) is 17.3 Å². The standard InChI is InChI=1S/C15H23FN2/c1-18(15-9-7-13(16)8-10-15)12-4-11-17-14-5-2-3-6-14/h7-10,14,17H,2-6,11-12H2,1H3. The predicted octanol–water partition coefficient (Wildman–Crippen LogP) is 3.18. The fourth-order valence-corrected chi connectivity index (χ4v) is 2.58. The molecular weight excluding hydrogens is 227 g/mol. The van der Waals surface area contributed by atoms with Gasteiger partial charge in [0.25, 0.3) is 0 Å². The third-order valence-electron chi connectivity index (χ3n) is 3.73. The van der Waals surface area contributed by atoms with Gasteiger partial charge in [0.1, 0.15) is 5.82 Å². The molecule has 0 spiro atoms. The zero-order chi connectivity index (χ0) is 12.8. The molecule has 1 fully saturated rings. The lowest BCUT2D eigenvalue weighted by Crippen LogP contribution is -2.29. The minimum atomic E-state index is -0.171. The summed E-state index contributed by atoms with van der Waals surface area (Å²) < 4.78 is 12.8. The Balaban J connectivity index is 1.64. The summed E-state index contributed by atoms with van der Waals surface area (Å²) in [6.07, 6.45) is 6.58. The second-order valence-corrected chi connectivity index (χ2v) is 5.19. The van der Waals surface area contributed by atoms with Gasteiger partial charge >= 0.3 is 0 Å². The fourth-order valence-electron chi connectivity index (χ4n) is 2.58. The van der Waals surface area contributed by atoms with Crippen LogP contribution in [0.2, 0.25) is 0 Å². The van der Waals surface area contributed by atoms with Crippen LogP contribution < -0.4 is 10.2 Å². The highest BCUT2D eigenvalue weighted by Gasteiger charge is 2.13. The Bertz CT molecular complexity index is 344. The van der Waals surface area contributed by atoms with Gasteiger partial charge in [0.15, 0.2) is 0 Å². The molecule has 1 aromatic carbocycles. The average molecular weight is 250 g/mol. The van der Waals surface area contributed by atoms with Gasteiger partial charge in [-0.05, 0) is 50.1 Å². The second-order valence-electron chi connectivity index (χ2n) is 5.19. The number of benzene rings is 1. The normalized spacial score (nSPS) is 16.1. The van der Waals surface area contributed by atoms with Crippen LogP contribution in [0.15, 0.2) is 24.3 Å². The van der Waals surface area contributed by atoms with Crippen molar-refractivity contribution in [2.75, 3.05) is 25.0 Å². The van der Waals surface area contributed by atoms with Gasteiger partial charge in [0.05, 0.1) is 0 Å². The highest BCUT2D eigenvalue weighted by molar-refractivity contribution is 5.45. The van der Waals surface area contributed by atoms with Crippen LogP contribution in [-0.2, 0) is 0 Å². The van der Waals surface area contributed by atoms with Gasteiger partial charge in [-0.2, -0.15) is 0 Å². The first kappa shape index (κ1) is 13.3. The van der Waals surface area contributed by atoms with Gasteiger partial charge in [-0.3, -0.25) is 0 Å². The maximum absolute atomic E-state index is 12.8. The molecule has 2 nitrogen and oxygen atoms in total. The number of rotatable bonds is 6. The monoisotopic (exact) mass is 250 g/mol. The van der Waals surface area contributed by atoms with Crippen LogP contribution in [0.25, 0.3) is 0 Å². The molecule has 0 amide bonds. The summed E-state index contributed by atoms with van der Waals surface area (Å²) in [7, 11) is 2.06. The predicted molar refractivity (Wildman–Crippen MR) is 74.5 cm³/mol. The Morgan fingerprint density at radius 3 is 2.56 bits per heavy atom. The van der Waals surface area contributed by atoms with Crippen LogP contribution in [0.1, 0.15) is 32.1 Å². The lowest BCUT2D eigenvalue weighted by atomic mass is 10.2. The smallest absolute Gasteiger partial charge is 0.123 e. The van der Waals surface area contributed by atoms with Gasteiger partial charge in [0, 0.05) is 25.3 Å². The molecule has 0 unspecified atom stereocenters. The number of hydrogen-bond acceptors (Lipinski definition) is 2. The van der Waals surface area contributed by atoms with Gasteiger partial charge in [-0.1, -0.05) is 12.8 Å². The number of nitrogens with zero attached hydrogens (tertiary/aromatic N) is 1. The molecule has 1 N–H and O–H groups in total. The molecule has 1 saturated carbocycles. The van der Waals surface area contributed by atoms with E-state index in [-0.39, 0.29) is 5.82 Å². The molecule has 1 aromatic rings. The van der Waals surface area contributed by atoms with Crippen molar-refractivity contribution in [3.8, 4) is 0 Å². The summed E-state index contributed by atoms with van der Waals surface area (Å²) in [4.78, 5) is 2.18. The van der Waals surface area contributed by atoms with E-state index in [9.17, 15) is 4.39 Å². The summed E-state index contributed by atoms with van der Waals surface area (Å²) in [5, 5.41) is 3.61. The molecule has 100 valence electrons. The van der Waals surface area contributed by atoms with Gasteiger partial charge in [-0.15, -0.1) is 0 Å². The molecule has 18 heavy (non-hydrogen) atoms. The van der Waals surface area contributed by atoms with E-state index in [0.29, 0.717) is 0 Å². The molecule has 0 radical (unpaired) electrons. The maximum atomic E-state index is 12.8. The molecule has 0 atom stereocenters. The Morgan fingerprint density at radius 1 is 1.22 bits per heavy atom. The van der Waals surface area contributed by atoms with Crippen molar-refractivity contribution >= 4 is 5.69 Å². The first-order chi connectivity index (χ1) is 8.75. The minimum absolute atomic E-state index is 0.171. The van der Waals surface area contributed by atoms with Crippen LogP contribution in [0.4, 0.5) is 10.1 Å². The van der Waals surface area contributed by atoms with E-state index >= 15 is 0 Å². The zero-order valence-electron chi connectivity index (χ0n) is 11.2. The first-order valence-electron chi connectivity index (χ1n) is 6.96. The van der Waals surface area contributed by atoms with E-state index in [0.717, 1.165) is 31.2 Å². The lowest BCUT2D eigenvalue weighted by Gasteiger charge is -2.20. The average Bonchev–Trinajstić information content (AvgIpc) is 2.88. The van der Waals surface area contributed by atoms with Gasteiger partial charge in [-0.25, -0.2) is 4.39 Å². The molecule has 0 bridgehead atoms. The molecule has 0 saturated heterocycles. The quantitative estimate of drug-likeness (QED) is 0.780. The Morgan fingerprint density at radius 2 is 1.89 bits per heavy atom. The molecule has 2 rings (SSSR count). The van der Waals surface area contributed by atoms with Gasteiger partial charge < -0.3 is 10.2 Å². The number of nitrogens with one attached hydrogen (secondary N) is 1. The maximum Gasteiger partial charge on any atom is 0.123 e. The largest absolute Gasteiger partial charge is 0.375 e. The molecule has 0 heterocycles. The summed E-state index contributed by atoms with van der Waals surface area (Å²) in [5.41, 5.74) is 1.08. The Hall–Kier alpha value is -1.09. The lowest BCUT2D eigenvalue weighted by molar-refractivity contribution is 0.515. The van der Waals surface area contributed by atoms with Crippen molar-refractivity contribution in [3.63, 3.8) is 0 Å². The Labute approximate surface area is 109 Å². The van der Waals surface area contributed by atoms with Crippen molar-refractivity contribution in [1.29, 1.82) is 0 Å². The van der Waals surface area contributed by atoms with Crippen LogP contribution in [0.5, 0.6) is 0 Å². The van der Waals surface area contributed by atoms with Crippen LogP contribution in [0, 0.1) is 5.82 Å². The van der Waals surface area contributed by atoms with E-state index in [1.807, 2.05) is 12.1 Å². The van der Waals surface area contributed by atoms with E-state index in [1.165, 1.54) is 37.8 Å². The van der Waals surface area contributed by atoms with E-state index in [4.69, 9.17) is 0 Å². The molecule has 0 aromatic heterocycles. The minimum Gasteiger partial charge on any atom is -0.375 e. The molecule has 3 heteroatoms. The molecular formula is C15H23FN2. The molecule has 0 aliphatic heterocycles. The number of halogens is 1. The van der Waals surface area contributed by atoms with Crippen molar-refractivity contribution in [3.05, 3.63) is 30.1 Å². The van der Waals surface area contributed by atoms with Crippen molar-refractivity contribution in [1.82, 2.24) is 5.32 Å². The van der Waals surface area contributed by atoms with Crippen LogP contribution >= 0.6 is 0 Å². The first-order valence-corrected chi connectivity index (χ1v) is 6.96. The summed E-state index contributed by atoms with van der Waals surface area (Å²) in [6.45, 7) is 2.08. The number of anilines is 1. The van der Waals surface area contributed by atoms with Crippen molar-refractivity contribution in [2.24, 2.45) is 0 Å². The molecule has 1 aliphatic carbocycles. The molecule has 1 aliphatic rings. The van der Waals surface area contributed by atoms with Gasteiger partial charge in [0.2, 0.25) is 0 Å². The summed E-state index contributed by atoms with van der Waals surface area (Å²) in [5.74, 6) is -0.171. The van der Waals surface area contributed by atoms with Crippen LogP contribution in [0.3, 0.4) is 0 Å². The Kier molecular flexibility index (Phi) is 5.00. The zero-order valence-corrected chi connectivity index (χ0v) is 11.2. The van der Waals surface area contributed by atoms with Crippen LogP contribution in [-0.4, -0.2) is 26.2 Å². The highest BCUT2D eigenvalue weighted by atomic mass is 19.1. The third-order valence-corrected chi connectivity index (χ3v) is 3.73. The van der Waals surface area contributed by atoms with Crippen molar-refractivity contribution < 1.29 is 4.39 Å². The summed E-state index contributed by atoms with van der Waals surface area (Å²) in [6, 6.07) is 7.45. The highest BCUT2D eigenvalue weighted by Crippen LogP contribution is 2.17. The number of hydrogen-bond donors (Lipinski definition) is 1. The van der Waals surface area contributed by atoms with E-state index in [1.54, 1.807) is 0 Å². The van der Waals surface area contributed by atoms with Crippen molar-refractivity contribution in [2.45, 2.75) is 38.1 Å². The fraction of sp³-hybridized carbons (Fsp3) is 0.600. The topological polar surface area (TPSA) is 15.3 Å². The summed E-state index contributed by atoms with van der Waals surface area (Å²) >= 11 is 0. The van der Waals surface area contributed by atoms with E-state index < -0.39 is 0 Å². The SMILES string of the molecule is CN(CCCNC1CCCC1)c1ccc(F)cc1. The third kappa shape index (κ3) is 3.98.